The topological polar surface area (TPSA) is 112 Å². The first kappa shape index (κ1) is 22.8. The van der Waals surface area contributed by atoms with Gasteiger partial charge < -0.3 is 24.8 Å². The molecule has 2 aliphatic rings. The number of aryl methyl sites for hydroxylation is 1. The van der Waals surface area contributed by atoms with E-state index in [1.165, 1.54) is 7.11 Å². The number of aromatic nitrogens is 1. The number of aromatic amines is 1. The highest BCUT2D eigenvalue weighted by molar-refractivity contribution is 6.00. The van der Waals surface area contributed by atoms with Crippen LogP contribution in [0.1, 0.15) is 64.2 Å². The number of piperidine rings is 1. The summed E-state index contributed by atoms with van der Waals surface area (Å²) in [6.45, 7) is 6.38. The lowest BCUT2D eigenvalue weighted by Crippen LogP contribution is -2.46. The molecular formula is C22H32N4O5. The molecule has 2 N–H and O–H groups in total. The lowest BCUT2D eigenvalue weighted by Gasteiger charge is -2.32. The van der Waals surface area contributed by atoms with Crippen LogP contribution in [0.5, 0.6) is 0 Å². The second kappa shape index (κ2) is 9.98. The molecule has 3 rings (SSSR count). The third kappa shape index (κ3) is 5.08. The Morgan fingerprint density at radius 1 is 1.19 bits per heavy atom. The Hall–Kier alpha value is -2.84. The van der Waals surface area contributed by atoms with Crippen LogP contribution in [0.3, 0.4) is 0 Å². The first-order valence-corrected chi connectivity index (χ1v) is 11.0. The average molecular weight is 433 g/mol. The van der Waals surface area contributed by atoms with Crippen LogP contribution in [-0.4, -0.2) is 78.3 Å². The zero-order chi connectivity index (χ0) is 22.5. The second-order valence-electron chi connectivity index (χ2n) is 8.34. The second-order valence-corrected chi connectivity index (χ2v) is 8.34. The molecule has 3 heterocycles. The van der Waals surface area contributed by atoms with Gasteiger partial charge in [-0.3, -0.25) is 14.4 Å². The maximum atomic E-state index is 13.1. The van der Waals surface area contributed by atoms with Crippen molar-refractivity contribution in [1.29, 1.82) is 0 Å². The van der Waals surface area contributed by atoms with E-state index in [1.54, 1.807) is 18.7 Å². The standard InChI is InChI=1S/C22H32N4O5/c1-14-18(22(30)31-3)15(2)24-19(14)21(29)26-11-4-7-16(13-26)20(28)23-9-6-12-25-10-5-8-17(25)27/h16,24H,4-13H2,1-3H3,(H,23,28). The predicted octanol–water partition coefficient (Wildman–Crippen LogP) is 1.40. The van der Waals surface area contributed by atoms with Crippen molar-refractivity contribution >= 4 is 23.7 Å². The zero-order valence-corrected chi connectivity index (χ0v) is 18.6. The molecule has 0 aromatic carbocycles. The van der Waals surface area contributed by atoms with Gasteiger partial charge in [-0.15, -0.1) is 0 Å². The number of H-pyrrole nitrogens is 1. The summed E-state index contributed by atoms with van der Waals surface area (Å²) in [7, 11) is 1.31. The van der Waals surface area contributed by atoms with E-state index in [2.05, 4.69) is 10.3 Å². The molecule has 9 heteroatoms. The van der Waals surface area contributed by atoms with Crippen LogP contribution in [0.25, 0.3) is 0 Å². The van der Waals surface area contributed by atoms with Gasteiger partial charge in [0.1, 0.15) is 5.69 Å². The van der Waals surface area contributed by atoms with Crippen molar-refractivity contribution in [1.82, 2.24) is 20.1 Å². The molecule has 0 spiro atoms. The van der Waals surface area contributed by atoms with Crippen molar-refractivity contribution in [2.75, 3.05) is 39.8 Å². The maximum Gasteiger partial charge on any atom is 0.339 e. The number of carbonyl (C=O) groups is 4. The molecule has 1 atom stereocenters. The molecule has 9 nitrogen and oxygen atoms in total. The molecule has 170 valence electrons. The number of nitrogens with one attached hydrogen (secondary N) is 2. The Kier molecular flexibility index (Phi) is 7.35. The molecule has 0 radical (unpaired) electrons. The van der Waals surface area contributed by atoms with Crippen LogP contribution in [-0.2, 0) is 14.3 Å². The van der Waals surface area contributed by atoms with Crippen LogP contribution >= 0.6 is 0 Å². The predicted molar refractivity (Wildman–Crippen MR) is 114 cm³/mol. The van der Waals surface area contributed by atoms with E-state index in [0.717, 1.165) is 32.2 Å². The SMILES string of the molecule is COC(=O)c1c(C)[nH]c(C(=O)N2CCCC(C(=O)NCCCN3CCCC3=O)C2)c1C. The molecule has 0 bridgehead atoms. The van der Waals surface area contributed by atoms with Crippen LogP contribution in [0, 0.1) is 19.8 Å². The van der Waals surface area contributed by atoms with Gasteiger partial charge >= 0.3 is 5.97 Å². The first-order chi connectivity index (χ1) is 14.8. The number of amides is 3. The van der Waals surface area contributed by atoms with Crippen molar-refractivity contribution in [2.24, 2.45) is 5.92 Å². The fourth-order valence-electron chi connectivity index (χ4n) is 4.47. The highest BCUT2D eigenvalue weighted by atomic mass is 16.5. The van der Waals surface area contributed by atoms with E-state index in [1.807, 2.05) is 4.90 Å². The smallest absolute Gasteiger partial charge is 0.339 e. The maximum absolute atomic E-state index is 13.1. The number of ether oxygens (including phenoxy) is 1. The van der Waals surface area contributed by atoms with Gasteiger partial charge in [0.2, 0.25) is 11.8 Å². The van der Waals surface area contributed by atoms with Crippen LogP contribution < -0.4 is 5.32 Å². The molecule has 0 aliphatic carbocycles. The Balaban J connectivity index is 1.54. The molecular weight excluding hydrogens is 400 g/mol. The van der Waals surface area contributed by atoms with E-state index < -0.39 is 5.97 Å². The summed E-state index contributed by atoms with van der Waals surface area (Å²) in [6.07, 6.45) is 3.74. The summed E-state index contributed by atoms with van der Waals surface area (Å²) in [5.41, 5.74) is 1.91. The van der Waals surface area contributed by atoms with Gasteiger partial charge in [0.15, 0.2) is 0 Å². The van der Waals surface area contributed by atoms with Gasteiger partial charge in [0.05, 0.1) is 18.6 Å². The highest BCUT2D eigenvalue weighted by Gasteiger charge is 2.31. The Labute approximate surface area is 182 Å². The minimum Gasteiger partial charge on any atom is -0.465 e. The molecule has 2 aliphatic heterocycles. The van der Waals surface area contributed by atoms with Gasteiger partial charge in [-0.2, -0.15) is 0 Å². The Bertz CT molecular complexity index is 862. The lowest BCUT2D eigenvalue weighted by atomic mass is 9.96. The molecule has 3 amide bonds. The van der Waals surface area contributed by atoms with Gasteiger partial charge in [-0.1, -0.05) is 0 Å². The number of rotatable bonds is 7. The van der Waals surface area contributed by atoms with E-state index in [4.69, 9.17) is 4.74 Å². The van der Waals surface area contributed by atoms with E-state index in [0.29, 0.717) is 55.1 Å². The van der Waals surface area contributed by atoms with E-state index >= 15 is 0 Å². The number of hydrogen-bond donors (Lipinski definition) is 2. The molecule has 1 aromatic heterocycles. The summed E-state index contributed by atoms with van der Waals surface area (Å²) in [6, 6.07) is 0. The monoisotopic (exact) mass is 432 g/mol. The van der Waals surface area contributed by atoms with Gasteiger partial charge in [-0.25, -0.2) is 4.79 Å². The summed E-state index contributed by atoms with van der Waals surface area (Å²) >= 11 is 0. The normalized spacial score (nSPS) is 18.9. The van der Waals surface area contributed by atoms with Crippen molar-refractivity contribution in [3.8, 4) is 0 Å². The molecule has 2 fully saturated rings. The molecule has 1 unspecified atom stereocenters. The Morgan fingerprint density at radius 2 is 1.97 bits per heavy atom. The number of esters is 1. The number of likely N-dealkylation sites (tertiary alicyclic amines) is 2. The number of nitrogens with zero attached hydrogens (tertiary/aromatic N) is 2. The van der Waals surface area contributed by atoms with Crippen LogP contribution in [0.15, 0.2) is 0 Å². The van der Waals surface area contributed by atoms with E-state index in [-0.39, 0.29) is 23.6 Å². The highest BCUT2D eigenvalue weighted by Crippen LogP contribution is 2.23. The van der Waals surface area contributed by atoms with Gasteiger partial charge in [-0.05, 0) is 45.1 Å². The molecule has 31 heavy (non-hydrogen) atoms. The number of hydrogen-bond acceptors (Lipinski definition) is 5. The summed E-state index contributed by atoms with van der Waals surface area (Å²) < 4.78 is 4.81. The van der Waals surface area contributed by atoms with Crippen molar-refractivity contribution in [2.45, 2.75) is 46.0 Å². The minimum absolute atomic E-state index is 0.0557. The zero-order valence-electron chi connectivity index (χ0n) is 18.6. The van der Waals surface area contributed by atoms with Gasteiger partial charge in [0, 0.05) is 44.8 Å². The van der Waals surface area contributed by atoms with Crippen molar-refractivity contribution in [3.63, 3.8) is 0 Å². The summed E-state index contributed by atoms with van der Waals surface area (Å²) in [5.74, 6) is -0.807. The molecule has 2 saturated heterocycles. The average Bonchev–Trinajstić information content (AvgIpc) is 3.31. The van der Waals surface area contributed by atoms with Crippen LogP contribution in [0.4, 0.5) is 0 Å². The quantitative estimate of drug-likeness (QED) is 0.500. The third-order valence-corrected chi connectivity index (χ3v) is 6.20. The minimum atomic E-state index is -0.475. The fourth-order valence-corrected chi connectivity index (χ4v) is 4.47. The lowest BCUT2D eigenvalue weighted by molar-refractivity contribution is -0.127. The van der Waals surface area contributed by atoms with Crippen molar-refractivity contribution in [3.05, 3.63) is 22.5 Å². The molecule has 0 saturated carbocycles. The third-order valence-electron chi connectivity index (χ3n) is 6.20. The first-order valence-electron chi connectivity index (χ1n) is 11.0. The van der Waals surface area contributed by atoms with Crippen molar-refractivity contribution < 1.29 is 23.9 Å². The number of methoxy groups -OCH3 is 1. The van der Waals surface area contributed by atoms with E-state index in [9.17, 15) is 19.2 Å². The summed E-state index contributed by atoms with van der Waals surface area (Å²) in [4.78, 5) is 55.9. The largest absolute Gasteiger partial charge is 0.465 e. The summed E-state index contributed by atoms with van der Waals surface area (Å²) in [5, 5.41) is 2.95. The fraction of sp³-hybridized carbons (Fsp3) is 0.636. The number of carbonyl (C=O) groups excluding carboxylic acids is 4. The Morgan fingerprint density at radius 3 is 2.65 bits per heavy atom. The molecule has 1 aromatic rings. The van der Waals surface area contributed by atoms with Gasteiger partial charge in [0.25, 0.3) is 5.91 Å². The van der Waals surface area contributed by atoms with Crippen LogP contribution in [0.2, 0.25) is 0 Å².